The number of piperidine rings is 1. The van der Waals surface area contributed by atoms with Gasteiger partial charge in [0, 0.05) is 48.7 Å². The van der Waals surface area contributed by atoms with Crippen LogP contribution in [0.15, 0.2) is 22.9 Å². The number of rotatable bonds is 4. The summed E-state index contributed by atoms with van der Waals surface area (Å²) < 4.78 is 2.99. The van der Waals surface area contributed by atoms with Gasteiger partial charge in [-0.3, -0.25) is 9.69 Å². The minimum atomic E-state index is -0.0265. The molecular formula is C16H22BrN5O. The Balaban J connectivity index is 1.49. The number of H-pyrrole nitrogens is 1. The van der Waals surface area contributed by atoms with Gasteiger partial charge in [-0.25, -0.2) is 4.98 Å². The first-order valence-electron chi connectivity index (χ1n) is 7.87. The lowest BCUT2D eigenvalue weighted by molar-refractivity contribution is 0.0903. The molecule has 1 saturated heterocycles. The van der Waals surface area contributed by atoms with Gasteiger partial charge >= 0.3 is 0 Å². The van der Waals surface area contributed by atoms with Crippen LogP contribution in [-0.4, -0.2) is 44.5 Å². The van der Waals surface area contributed by atoms with Crippen LogP contribution in [-0.2, 0) is 13.6 Å². The summed E-state index contributed by atoms with van der Waals surface area (Å²) in [6.07, 6.45) is 5.74. The highest BCUT2D eigenvalue weighted by molar-refractivity contribution is 9.10. The molecule has 124 valence electrons. The first-order chi connectivity index (χ1) is 11.0. The van der Waals surface area contributed by atoms with Gasteiger partial charge in [-0.05, 0) is 41.8 Å². The molecule has 23 heavy (non-hydrogen) atoms. The van der Waals surface area contributed by atoms with Gasteiger partial charge in [0.2, 0.25) is 0 Å². The fourth-order valence-corrected chi connectivity index (χ4v) is 3.23. The van der Waals surface area contributed by atoms with Crippen LogP contribution in [0, 0.1) is 6.92 Å². The average molecular weight is 380 g/mol. The van der Waals surface area contributed by atoms with Crippen molar-refractivity contribution in [3.8, 4) is 0 Å². The van der Waals surface area contributed by atoms with Crippen molar-refractivity contribution in [2.24, 2.45) is 7.05 Å². The minimum absolute atomic E-state index is 0.0265. The molecule has 0 saturated carbocycles. The van der Waals surface area contributed by atoms with E-state index in [1.54, 1.807) is 0 Å². The number of hydrogen-bond donors (Lipinski definition) is 2. The maximum Gasteiger partial charge on any atom is 0.267 e. The van der Waals surface area contributed by atoms with Crippen LogP contribution >= 0.6 is 15.9 Å². The Morgan fingerprint density at radius 3 is 2.78 bits per heavy atom. The molecule has 1 aliphatic heterocycles. The summed E-state index contributed by atoms with van der Waals surface area (Å²) in [5.41, 5.74) is 1.59. The zero-order valence-electron chi connectivity index (χ0n) is 13.5. The number of imidazole rings is 1. The Hall–Kier alpha value is -1.60. The summed E-state index contributed by atoms with van der Waals surface area (Å²) >= 11 is 3.43. The van der Waals surface area contributed by atoms with Crippen molar-refractivity contribution < 1.29 is 4.79 Å². The first kappa shape index (κ1) is 16.3. The van der Waals surface area contributed by atoms with E-state index in [1.165, 1.54) is 0 Å². The third-order valence-electron chi connectivity index (χ3n) is 4.40. The van der Waals surface area contributed by atoms with Crippen LogP contribution in [0.1, 0.15) is 34.8 Å². The topological polar surface area (TPSA) is 66.0 Å². The molecular weight excluding hydrogens is 358 g/mol. The fourth-order valence-electron chi connectivity index (χ4n) is 2.90. The van der Waals surface area contributed by atoms with E-state index < -0.39 is 0 Å². The maximum absolute atomic E-state index is 12.3. The maximum atomic E-state index is 12.3. The quantitative estimate of drug-likeness (QED) is 0.855. The van der Waals surface area contributed by atoms with Gasteiger partial charge in [0.1, 0.15) is 11.5 Å². The molecule has 0 aliphatic carbocycles. The van der Waals surface area contributed by atoms with Gasteiger partial charge in [-0.1, -0.05) is 0 Å². The highest BCUT2D eigenvalue weighted by Crippen LogP contribution is 2.18. The number of carbonyl (C=O) groups excluding carboxylic acids is 1. The molecule has 0 spiro atoms. The largest absolute Gasteiger partial charge is 0.354 e. The summed E-state index contributed by atoms with van der Waals surface area (Å²) in [6, 6.07) is 2.07. The molecule has 0 bridgehead atoms. The Morgan fingerprint density at radius 1 is 1.48 bits per heavy atom. The summed E-state index contributed by atoms with van der Waals surface area (Å²) in [6.45, 7) is 4.76. The van der Waals surface area contributed by atoms with E-state index in [2.05, 4.69) is 40.7 Å². The SMILES string of the molecule is Cc1[nH]c(C(=O)NC2CCN(Cc3nccn3C)CC2)cc1Br. The zero-order valence-corrected chi connectivity index (χ0v) is 15.1. The first-order valence-corrected chi connectivity index (χ1v) is 8.67. The minimum Gasteiger partial charge on any atom is -0.354 e. The Morgan fingerprint density at radius 2 is 2.22 bits per heavy atom. The van der Waals surface area contributed by atoms with Crippen LogP contribution in [0.5, 0.6) is 0 Å². The Labute approximate surface area is 144 Å². The number of amides is 1. The molecule has 6 nitrogen and oxygen atoms in total. The predicted molar refractivity (Wildman–Crippen MR) is 92.2 cm³/mol. The number of nitrogens with one attached hydrogen (secondary N) is 2. The summed E-state index contributed by atoms with van der Waals surface area (Å²) in [7, 11) is 2.02. The van der Waals surface area contributed by atoms with Crippen LogP contribution in [0.4, 0.5) is 0 Å². The highest BCUT2D eigenvalue weighted by atomic mass is 79.9. The molecule has 0 aromatic carbocycles. The molecule has 7 heteroatoms. The molecule has 0 radical (unpaired) electrons. The molecule has 1 amide bonds. The Bertz CT molecular complexity index is 665. The summed E-state index contributed by atoms with van der Waals surface area (Å²) in [5.74, 6) is 1.06. The highest BCUT2D eigenvalue weighted by Gasteiger charge is 2.22. The smallest absolute Gasteiger partial charge is 0.267 e. The van der Waals surface area contributed by atoms with Gasteiger partial charge in [0.05, 0.1) is 6.54 Å². The lowest BCUT2D eigenvalue weighted by Crippen LogP contribution is -2.44. The Kier molecular flexibility index (Phi) is 4.87. The van der Waals surface area contributed by atoms with E-state index in [1.807, 2.05) is 32.4 Å². The van der Waals surface area contributed by atoms with Crippen molar-refractivity contribution in [2.45, 2.75) is 32.4 Å². The van der Waals surface area contributed by atoms with Crippen LogP contribution < -0.4 is 5.32 Å². The molecule has 2 aromatic heterocycles. The third-order valence-corrected chi connectivity index (χ3v) is 5.23. The summed E-state index contributed by atoms with van der Waals surface area (Å²) in [5, 5.41) is 3.13. The number of aromatic amines is 1. The molecule has 1 fully saturated rings. The lowest BCUT2D eigenvalue weighted by atomic mass is 10.0. The number of carbonyl (C=O) groups is 1. The zero-order chi connectivity index (χ0) is 16.4. The molecule has 2 aromatic rings. The van der Waals surface area contributed by atoms with Crippen LogP contribution in [0.3, 0.4) is 0 Å². The monoisotopic (exact) mass is 379 g/mol. The molecule has 3 heterocycles. The van der Waals surface area contributed by atoms with Crippen molar-refractivity contribution in [3.63, 3.8) is 0 Å². The number of aromatic nitrogens is 3. The predicted octanol–water partition coefficient (Wildman–Crippen LogP) is 2.21. The van der Waals surface area contributed by atoms with E-state index in [0.717, 1.165) is 48.5 Å². The average Bonchev–Trinajstić information content (AvgIpc) is 3.08. The third kappa shape index (κ3) is 3.84. The van der Waals surface area contributed by atoms with Crippen LogP contribution in [0.2, 0.25) is 0 Å². The molecule has 1 aliphatic rings. The normalized spacial score (nSPS) is 16.7. The summed E-state index contributed by atoms with van der Waals surface area (Å²) in [4.78, 5) is 22.1. The standard InChI is InChI=1S/C16H22BrN5O/c1-11-13(17)9-14(19-11)16(23)20-12-3-6-22(7-4-12)10-15-18-5-8-21(15)2/h5,8-9,12,19H,3-4,6-7,10H2,1-2H3,(H,20,23). The van der Waals surface area contributed by atoms with Crippen LogP contribution in [0.25, 0.3) is 0 Å². The van der Waals surface area contributed by atoms with Crippen molar-refractivity contribution in [1.29, 1.82) is 0 Å². The lowest BCUT2D eigenvalue weighted by Gasteiger charge is -2.32. The number of aryl methyl sites for hydroxylation is 2. The fraction of sp³-hybridized carbons (Fsp3) is 0.500. The second kappa shape index (κ2) is 6.88. The van der Waals surface area contributed by atoms with Gasteiger partial charge in [0.15, 0.2) is 0 Å². The second-order valence-corrected chi connectivity index (χ2v) is 6.99. The van der Waals surface area contributed by atoms with Crippen molar-refractivity contribution in [2.75, 3.05) is 13.1 Å². The van der Waals surface area contributed by atoms with Gasteiger partial charge in [-0.15, -0.1) is 0 Å². The van der Waals surface area contributed by atoms with E-state index in [0.29, 0.717) is 5.69 Å². The molecule has 3 rings (SSSR count). The number of nitrogens with zero attached hydrogens (tertiary/aromatic N) is 3. The number of halogens is 1. The van der Waals surface area contributed by atoms with E-state index in [4.69, 9.17) is 0 Å². The molecule has 0 unspecified atom stereocenters. The number of hydrogen-bond acceptors (Lipinski definition) is 3. The van der Waals surface area contributed by atoms with E-state index >= 15 is 0 Å². The van der Waals surface area contributed by atoms with E-state index in [9.17, 15) is 4.79 Å². The van der Waals surface area contributed by atoms with Crippen molar-refractivity contribution >= 4 is 21.8 Å². The molecule has 0 atom stereocenters. The molecule has 2 N–H and O–H groups in total. The van der Waals surface area contributed by atoms with Crippen molar-refractivity contribution in [3.05, 3.63) is 40.1 Å². The second-order valence-electron chi connectivity index (χ2n) is 6.13. The van der Waals surface area contributed by atoms with E-state index in [-0.39, 0.29) is 11.9 Å². The number of likely N-dealkylation sites (tertiary alicyclic amines) is 1. The van der Waals surface area contributed by atoms with Crippen molar-refractivity contribution in [1.82, 2.24) is 24.8 Å². The van der Waals surface area contributed by atoms with Gasteiger partial charge in [-0.2, -0.15) is 0 Å². The van der Waals surface area contributed by atoms with Gasteiger partial charge < -0.3 is 14.9 Å². The van der Waals surface area contributed by atoms with Gasteiger partial charge in [0.25, 0.3) is 5.91 Å².